The van der Waals surface area contributed by atoms with Gasteiger partial charge in [0, 0.05) is 38.1 Å². The van der Waals surface area contributed by atoms with Gasteiger partial charge in [-0.1, -0.05) is 36.4 Å². The van der Waals surface area contributed by atoms with Crippen LogP contribution in [0.2, 0.25) is 0 Å². The molecule has 0 saturated carbocycles. The fraction of sp³-hybridized carbons (Fsp3) is 0.269. The van der Waals surface area contributed by atoms with Crippen molar-refractivity contribution in [3.8, 4) is 17.1 Å². The number of rotatable bonds is 4. The zero-order valence-electron chi connectivity index (χ0n) is 20.0. The van der Waals surface area contributed by atoms with Gasteiger partial charge in [0.15, 0.2) is 0 Å². The predicted molar refractivity (Wildman–Crippen MR) is 132 cm³/mol. The van der Waals surface area contributed by atoms with Crippen LogP contribution in [0.3, 0.4) is 0 Å². The summed E-state index contributed by atoms with van der Waals surface area (Å²) in [7, 11) is 0. The zero-order valence-corrected chi connectivity index (χ0v) is 20.0. The third kappa shape index (κ3) is 6.31. The number of carboxylic acid groups (broad SMARTS) is 1. The van der Waals surface area contributed by atoms with Crippen LogP contribution in [0.25, 0.3) is 11.4 Å². The second-order valence-corrected chi connectivity index (χ2v) is 8.92. The van der Waals surface area contributed by atoms with Gasteiger partial charge in [0.1, 0.15) is 29.7 Å². The van der Waals surface area contributed by atoms with Crippen LogP contribution in [0.5, 0.6) is 5.75 Å². The molecular weight excluding hydrogens is 478 g/mol. The number of hydrogen-bond donors (Lipinski definition) is 6. The van der Waals surface area contributed by atoms with E-state index in [1.54, 1.807) is 36.4 Å². The third-order valence-electron chi connectivity index (χ3n) is 6.03. The molecule has 1 aliphatic rings. The molecule has 3 aromatic rings. The lowest BCUT2D eigenvalue weighted by Crippen LogP contribution is -2.57. The van der Waals surface area contributed by atoms with Crippen LogP contribution in [0.1, 0.15) is 23.7 Å². The number of aromatic nitrogens is 2. The lowest BCUT2D eigenvalue weighted by molar-refractivity contribution is -0.142. The summed E-state index contributed by atoms with van der Waals surface area (Å²) in [6.07, 6.45) is 1.52. The lowest BCUT2D eigenvalue weighted by atomic mass is 10.00. The average Bonchev–Trinajstić information content (AvgIpc) is 3.32. The molecule has 3 atom stereocenters. The number of aromatic hydroxyl groups is 1. The van der Waals surface area contributed by atoms with Crippen LogP contribution in [-0.4, -0.2) is 62.0 Å². The normalized spacial score (nSPS) is 20.1. The molecule has 1 aliphatic heterocycles. The Bertz CT molecular complexity index is 1320. The molecule has 0 spiro atoms. The molecule has 2 heterocycles. The van der Waals surface area contributed by atoms with Crippen LogP contribution < -0.4 is 16.0 Å². The quantitative estimate of drug-likeness (QED) is 0.302. The first kappa shape index (κ1) is 25.4. The third-order valence-corrected chi connectivity index (χ3v) is 6.03. The van der Waals surface area contributed by atoms with E-state index in [9.17, 15) is 29.4 Å². The Morgan fingerprint density at radius 1 is 1.05 bits per heavy atom. The van der Waals surface area contributed by atoms with Gasteiger partial charge in [-0.2, -0.15) is 0 Å². The van der Waals surface area contributed by atoms with E-state index < -0.39 is 41.8 Å². The van der Waals surface area contributed by atoms with E-state index in [1.165, 1.54) is 19.2 Å². The Balaban J connectivity index is 1.76. The summed E-state index contributed by atoms with van der Waals surface area (Å²) in [4.78, 5) is 57.7. The summed E-state index contributed by atoms with van der Waals surface area (Å²) in [5.74, 6) is -2.77. The molecule has 0 saturated heterocycles. The number of carbonyl (C=O) groups is 4. The number of amides is 3. The van der Waals surface area contributed by atoms with Gasteiger partial charge in [0.25, 0.3) is 0 Å². The number of aliphatic carboxylic acids is 1. The summed E-state index contributed by atoms with van der Waals surface area (Å²) in [5, 5.41) is 28.0. The van der Waals surface area contributed by atoms with Gasteiger partial charge in [0.2, 0.25) is 17.7 Å². The Hall–Kier alpha value is -4.67. The van der Waals surface area contributed by atoms with Crippen LogP contribution in [0.15, 0.2) is 54.7 Å². The molecular formula is C26H27N5O6. The standard InChI is InChI=1S/C26H27N5O6/c1-14(32)28-19-11-16-7-8-22(33)18(9-16)23-27-13-17(29-23)12-21(26(36)37)31-25(35)20(30-24(19)34)10-15-5-3-2-4-6-15/h2-9,13,19-21,33H,10-12H2,1H3,(H,27,29)(H,28,32)(H,30,34)(H,31,35)(H,36,37). The number of carbonyl (C=O) groups excluding carboxylic acids is 3. The topological polar surface area (TPSA) is 174 Å². The first-order valence-corrected chi connectivity index (χ1v) is 11.7. The number of carboxylic acids is 1. The van der Waals surface area contributed by atoms with Gasteiger partial charge in [-0.15, -0.1) is 0 Å². The molecule has 4 rings (SSSR count). The maximum absolute atomic E-state index is 13.3. The Kier molecular flexibility index (Phi) is 7.52. The van der Waals surface area contributed by atoms with E-state index in [0.29, 0.717) is 22.6 Å². The first-order valence-electron chi connectivity index (χ1n) is 11.7. The van der Waals surface area contributed by atoms with Crippen molar-refractivity contribution in [1.82, 2.24) is 25.9 Å². The van der Waals surface area contributed by atoms with Crippen LogP contribution in [0.4, 0.5) is 0 Å². The minimum Gasteiger partial charge on any atom is -0.507 e. The number of imidazole rings is 1. The Morgan fingerprint density at radius 2 is 1.81 bits per heavy atom. The van der Waals surface area contributed by atoms with E-state index in [0.717, 1.165) is 5.56 Å². The highest BCUT2D eigenvalue weighted by atomic mass is 16.4. The summed E-state index contributed by atoms with van der Waals surface area (Å²) in [6.45, 7) is 1.28. The van der Waals surface area contributed by atoms with Crippen molar-refractivity contribution in [3.63, 3.8) is 0 Å². The first-order chi connectivity index (χ1) is 17.7. The molecule has 3 unspecified atom stereocenters. The molecule has 37 heavy (non-hydrogen) atoms. The number of fused-ring (bicyclic) bond motifs is 5. The largest absolute Gasteiger partial charge is 0.507 e. The summed E-state index contributed by atoms with van der Waals surface area (Å²) in [6, 6.07) is 10.2. The maximum Gasteiger partial charge on any atom is 0.326 e. The van der Waals surface area contributed by atoms with E-state index in [4.69, 9.17) is 0 Å². The summed E-state index contributed by atoms with van der Waals surface area (Å²) in [5.41, 5.74) is 2.16. The molecule has 11 nitrogen and oxygen atoms in total. The molecule has 0 radical (unpaired) electrons. The Labute approximate surface area is 212 Å². The van der Waals surface area contributed by atoms with Crippen molar-refractivity contribution in [1.29, 1.82) is 0 Å². The summed E-state index contributed by atoms with van der Waals surface area (Å²) < 4.78 is 0. The number of phenols is 1. The fourth-order valence-corrected chi connectivity index (χ4v) is 4.21. The lowest BCUT2D eigenvalue weighted by Gasteiger charge is -2.24. The highest BCUT2D eigenvalue weighted by molar-refractivity contribution is 5.93. The van der Waals surface area contributed by atoms with Gasteiger partial charge >= 0.3 is 5.97 Å². The van der Waals surface area contributed by atoms with Gasteiger partial charge in [-0.3, -0.25) is 14.4 Å². The molecule has 11 heteroatoms. The average molecular weight is 506 g/mol. The number of hydrogen-bond acceptors (Lipinski definition) is 6. The second kappa shape index (κ2) is 10.9. The Morgan fingerprint density at radius 3 is 2.51 bits per heavy atom. The van der Waals surface area contributed by atoms with Crippen molar-refractivity contribution in [2.45, 2.75) is 44.3 Å². The number of aromatic amines is 1. The van der Waals surface area contributed by atoms with Crippen molar-refractivity contribution < 1.29 is 29.4 Å². The molecule has 0 fully saturated rings. The van der Waals surface area contributed by atoms with E-state index in [1.807, 2.05) is 6.07 Å². The molecule has 2 aromatic carbocycles. The van der Waals surface area contributed by atoms with E-state index in [-0.39, 0.29) is 25.0 Å². The minimum absolute atomic E-state index is 0.0690. The smallest absolute Gasteiger partial charge is 0.326 e. The second-order valence-electron chi connectivity index (χ2n) is 8.92. The summed E-state index contributed by atoms with van der Waals surface area (Å²) >= 11 is 0. The van der Waals surface area contributed by atoms with Crippen LogP contribution in [0, 0.1) is 0 Å². The number of nitrogens with one attached hydrogen (secondary N) is 4. The highest BCUT2D eigenvalue weighted by Crippen LogP contribution is 2.28. The van der Waals surface area contributed by atoms with Crippen LogP contribution >= 0.6 is 0 Å². The SMILES string of the molecule is CC(=O)NC1Cc2ccc(O)c(c2)-c2ncc([nH]2)CC(C(=O)O)NC(=O)C(Cc2ccccc2)NC1=O. The molecule has 4 bridgehead atoms. The number of H-pyrrole nitrogens is 1. The number of nitrogens with zero attached hydrogens (tertiary/aromatic N) is 1. The van der Waals surface area contributed by atoms with Crippen molar-refractivity contribution >= 4 is 23.7 Å². The molecule has 6 N–H and O–H groups in total. The predicted octanol–water partition coefficient (Wildman–Crippen LogP) is 0.683. The van der Waals surface area contributed by atoms with Crippen molar-refractivity contribution in [2.75, 3.05) is 0 Å². The van der Waals surface area contributed by atoms with Gasteiger partial charge in [-0.05, 0) is 23.3 Å². The van der Waals surface area contributed by atoms with Crippen molar-refractivity contribution in [2.24, 2.45) is 0 Å². The van der Waals surface area contributed by atoms with Gasteiger partial charge in [0.05, 0.1) is 5.56 Å². The molecule has 3 amide bonds. The monoisotopic (exact) mass is 505 g/mol. The number of phenolic OH excluding ortho intramolecular Hbond substituents is 1. The fourth-order valence-electron chi connectivity index (χ4n) is 4.21. The number of benzene rings is 2. The molecule has 192 valence electrons. The zero-order chi connectivity index (χ0) is 26.5. The van der Waals surface area contributed by atoms with Crippen molar-refractivity contribution in [3.05, 3.63) is 71.5 Å². The minimum atomic E-state index is -1.31. The highest BCUT2D eigenvalue weighted by Gasteiger charge is 2.30. The molecule has 0 aliphatic carbocycles. The maximum atomic E-state index is 13.3. The van der Waals surface area contributed by atoms with E-state index >= 15 is 0 Å². The van der Waals surface area contributed by atoms with Gasteiger partial charge in [-0.25, -0.2) is 9.78 Å². The van der Waals surface area contributed by atoms with Gasteiger partial charge < -0.3 is 31.1 Å². The molecule has 1 aromatic heterocycles. The van der Waals surface area contributed by atoms with E-state index in [2.05, 4.69) is 25.9 Å². The van der Waals surface area contributed by atoms with Crippen LogP contribution in [-0.2, 0) is 38.4 Å².